The Kier molecular flexibility index (Phi) is 7.50. The first kappa shape index (κ1) is 21.1. The van der Waals surface area contributed by atoms with Crippen LogP contribution in [0.1, 0.15) is 24.5 Å². The highest BCUT2D eigenvalue weighted by molar-refractivity contribution is 7.88. The topological polar surface area (TPSA) is 57.7 Å². The van der Waals surface area contributed by atoms with Gasteiger partial charge in [0, 0.05) is 38.2 Å². The molecule has 2 aromatic rings. The zero-order valence-corrected chi connectivity index (χ0v) is 16.5. The second-order valence-electron chi connectivity index (χ2n) is 6.33. The zero-order chi connectivity index (χ0) is 19.9. The summed E-state index contributed by atoms with van der Waals surface area (Å²) >= 11 is 0. The van der Waals surface area contributed by atoms with Crippen molar-refractivity contribution in [3.63, 3.8) is 0 Å². The summed E-state index contributed by atoms with van der Waals surface area (Å²) in [7, 11) is -3.57. The molecule has 0 atom stereocenters. The Labute approximate surface area is 160 Å². The summed E-state index contributed by atoms with van der Waals surface area (Å²) < 4.78 is 39.1. The minimum atomic E-state index is -3.57. The maximum Gasteiger partial charge on any atom is 0.224 e. The van der Waals surface area contributed by atoms with Crippen molar-refractivity contribution in [1.82, 2.24) is 9.21 Å². The second-order valence-corrected chi connectivity index (χ2v) is 8.31. The Hall–Kier alpha value is -2.25. The Morgan fingerprint density at radius 3 is 2.22 bits per heavy atom. The van der Waals surface area contributed by atoms with E-state index in [2.05, 4.69) is 0 Å². The SMILES string of the molecule is CCN(Cc1ccccc1)C(=O)CCN(Cc1ccccc1F)S(C)(=O)=O. The molecular formula is C20H25FN2O3S. The van der Waals surface area contributed by atoms with E-state index in [-0.39, 0.29) is 31.0 Å². The Balaban J connectivity index is 2.03. The van der Waals surface area contributed by atoms with Gasteiger partial charge in [0.15, 0.2) is 0 Å². The highest BCUT2D eigenvalue weighted by atomic mass is 32.2. The molecule has 0 saturated heterocycles. The summed E-state index contributed by atoms with van der Waals surface area (Å²) in [5, 5.41) is 0. The molecule has 2 aromatic carbocycles. The lowest BCUT2D eigenvalue weighted by molar-refractivity contribution is -0.131. The van der Waals surface area contributed by atoms with Crippen LogP contribution in [0.5, 0.6) is 0 Å². The predicted molar refractivity (Wildman–Crippen MR) is 104 cm³/mol. The standard InChI is InChI=1S/C20H25FN2O3S/c1-3-22(15-17-9-5-4-6-10-17)20(24)13-14-23(27(2,25)26)16-18-11-7-8-12-19(18)21/h4-12H,3,13-16H2,1-2H3. The van der Waals surface area contributed by atoms with Gasteiger partial charge in [0.2, 0.25) is 15.9 Å². The van der Waals surface area contributed by atoms with Crippen LogP contribution in [0.15, 0.2) is 54.6 Å². The maximum absolute atomic E-state index is 13.9. The minimum absolute atomic E-state index is 0.0112. The molecule has 1 amide bonds. The van der Waals surface area contributed by atoms with E-state index in [1.165, 1.54) is 6.07 Å². The zero-order valence-electron chi connectivity index (χ0n) is 15.6. The van der Waals surface area contributed by atoms with Crippen LogP contribution in [0.2, 0.25) is 0 Å². The lowest BCUT2D eigenvalue weighted by Gasteiger charge is -2.24. The van der Waals surface area contributed by atoms with Gasteiger partial charge in [0.1, 0.15) is 5.82 Å². The highest BCUT2D eigenvalue weighted by Crippen LogP contribution is 2.14. The number of hydrogen-bond acceptors (Lipinski definition) is 3. The average Bonchev–Trinajstić information content (AvgIpc) is 2.64. The van der Waals surface area contributed by atoms with Gasteiger partial charge in [-0.05, 0) is 18.6 Å². The summed E-state index contributed by atoms with van der Waals surface area (Å²) in [6, 6.07) is 15.7. The van der Waals surface area contributed by atoms with Crippen LogP contribution in [0.3, 0.4) is 0 Å². The molecule has 0 N–H and O–H groups in total. The van der Waals surface area contributed by atoms with Gasteiger partial charge in [-0.25, -0.2) is 12.8 Å². The average molecular weight is 392 g/mol. The van der Waals surface area contributed by atoms with Gasteiger partial charge in [0.25, 0.3) is 0 Å². The quantitative estimate of drug-likeness (QED) is 0.659. The molecule has 7 heteroatoms. The fourth-order valence-corrected chi connectivity index (χ4v) is 3.53. The maximum atomic E-state index is 13.9. The molecular weight excluding hydrogens is 367 g/mol. The molecule has 0 radical (unpaired) electrons. The van der Waals surface area contributed by atoms with Crippen LogP contribution in [0.4, 0.5) is 4.39 Å². The van der Waals surface area contributed by atoms with Gasteiger partial charge in [-0.3, -0.25) is 4.79 Å². The fourth-order valence-electron chi connectivity index (χ4n) is 2.74. The van der Waals surface area contributed by atoms with E-state index in [9.17, 15) is 17.6 Å². The van der Waals surface area contributed by atoms with E-state index in [0.29, 0.717) is 13.1 Å². The van der Waals surface area contributed by atoms with Crippen LogP contribution in [-0.4, -0.2) is 42.9 Å². The Bertz CT molecular complexity index is 857. The lowest BCUT2D eigenvalue weighted by atomic mass is 10.2. The minimum Gasteiger partial charge on any atom is -0.339 e. The lowest BCUT2D eigenvalue weighted by Crippen LogP contribution is -2.36. The number of halogens is 1. The fraction of sp³-hybridized carbons (Fsp3) is 0.350. The number of carbonyl (C=O) groups excluding carboxylic acids is 1. The van der Waals surface area contributed by atoms with Gasteiger partial charge in [-0.2, -0.15) is 4.31 Å². The molecule has 0 aliphatic carbocycles. The first-order valence-electron chi connectivity index (χ1n) is 8.81. The first-order chi connectivity index (χ1) is 12.8. The van der Waals surface area contributed by atoms with Crippen molar-refractivity contribution >= 4 is 15.9 Å². The van der Waals surface area contributed by atoms with Gasteiger partial charge in [-0.1, -0.05) is 48.5 Å². The van der Waals surface area contributed by atoms with Crippen molar-refractivity contribution in [3.8, 4) is 0 Å². The van der Waals surface area contributed by atoms with E-state index < -0.39 is 15.8 Å². The number of rotatable bonds is 9. The van der Waals surface area contributed by atoms with E-state index in [1.54, 1.807) is 23.1 Å². The molecule has 0 aliphatic rings. The van der Waals surface area contributed by atoms with Crippen molar-refractivity contribution in [2.45, 2.75) is 26.4 Å². The summed E-state index contributed by atoms with van der Waals surface area (Å²) in [5.41, 5.74) is 1.30. The third-order valence-electron chi connectivity index (χ3n) is 4.30. The molecule has 2 rings (SSSR count). The Morgan fingerprint density at radius 2 is 1.63 bits per heavy atom. The summed E-state index contributed by atoms with van der Waals surface area (Å²) in [6.07, 6.45) is 1.11. The summed E-state index contributed by atoms with van der Waals surface area (Å²) in [6.45, 7) is 2.80. The van der Waals surface area contributed by atoms with Crippen LogP contribution >= 0.6 is 0 Å². The summed E-state index contributed by atoms with van der Waals surface area (Å²) in [5.74, 6) is -0.597. The van der Waals surface area contributed by atoms with Crippen molar-refractivity contribution in [2.24, 2.45) is 0 Å². The van der Waals surface area contributed by atoms with Crippen molar-refractivity contribution < 1.29 is 17.6 Å². The smallest absolute Gasteiger partial charge is 0.224 e. The van der Waals surface area contributed by atoms with Crippen LogP contribution in [0.25, 0.3) is 0 Å². The molecule has 0 aromatic heterocycles. The normalized spacial score (nSPS) is 11.6. The monoisotopic (exact) mass is 392 g/mol. The number of sulfonamides is 1. The molecule has 0 bridgehead atoms. The van der Waals surface area contributed by atoms with Crippen molar-refractivity contribution in [2.75, 3.05) is 19.3 Å². The molecule has 146 valence electrons. The van der Waals surface area contributed by atoms with E-state index in [4.69, 9.17) is 0 Å². The number of amides is 1. The number of carbonyl (C=O) groups is 1. The van der Waals surface area contributed by atoms with Gasteiger partial charge >= 0.3 is 0 Å². The van der Waals surface area contributed by atoms with Crippen LogP contribution in [0, 0.1) is 5.82 Å². The summed E-state index contributed by atoms with van der Waals surface area (Å²) in [4.78, 5) is 14.2. The van der Waals surface area contributed by atoms with Crippen molar-refractivity contribution in [1.29, 1.82) is 0 Å². The second kappa shape index (κ2) is 9.62. The third kappa shape index (κ3) is 6.45. The molecule has 0 saturated carbocycles. The third-order valence-corrected chi connectivity index (χ3v) is 5.55. The highest BCUT2D eigenvalue weighted by Gasteiger charge is 2.21. The predicted octanol–water partition coefficient (Wildman–Crippen LogP) is 3.03. The van der Waals surface area contributed by atoms with Crippen LogP contribution in [-0.2, 0) is 27.9 Å². The van der Waals surface area contributed by atoms with E-state index in [1.807, 2.05) is 37.3 Å². The molecule has 0 aliphatic heterocycles. The first-order valence-corrected chi connectivity index (χ1v) is 10.7. The Morgan fingerprint density at radius 1 is 1.00 bits per heavy atom. The van der Waals surface area contributed by atoms with E-state index in [0.717, 1.165) is 16.1 Å². The molecule has 0 fully saturated rings. The van der Waals surface area contributed by atoms with Crippen molar-refractivity contribution in [3.05, 3.63) is 71.5 Å². The molecule has 0 spiro atoms. The number of nitrogens with zero attached hydrogens (tertiary/aromatic N) is 2. The van der Waals surface area contributed by atoms with Gasteiger partial charge in [-0.15, -0.1) is 0 Å². The largest absolute Gasteiger partial charge is 0.339 e. The molecule has 27 heavy (non-hydrogen) atoms. The number of hydrogen-bond donors (Lipinski definition) is 0. The van der Waals surface area contributed by atoms with Crippen LogP contribution < -0.4 is 0 Å². The number of benzene rings is 2. The molecule has 0 unspecified atom stereocenters. The molecule has 5 nitrogen and oxygen atoms in total. The van der Waals surface area contributed by atoms with Gasteiger partial charge < -0.3 is 4.90 Å². The van der Waals surface area contributed by atoms with E-state index >= 15 is 0 Å². The van der Waals surface area contributed by atoms with Gasteiger partial charge in [0.05, 0.1) is 6.26 Å². The molecule has 0 heterocycles.